The van der Waals surface area contributed by atoms with E-state index in [1.54, 1.807) is 16.0 Å². The predicted octanol–water partition coefficient (Wildman–Crippen LogP) is 3.39. The molecule has 0 aliphatic heterocycles. The number of rotatable bonds is 6. The Balaban J connectivity index is 1.39. The fraction of sp³-hybridized carbons (Fsp3) is 0.333. The number of hydrogen-bond acceptors (Lipinski definition) is 6. The SMILES string of the molecule is C[C@H](Sc1nnnn1Cc1cccs1)C(=O)Nc1ccc2c(c1)CCC2. The van der Waals surface area contributed by atoms with E-state index in [-0.39, 0.29) is 11.2 Å². The van der Waals surface area contributed by atoms with Crippen LogP contribution in [0.2, 0.25) is 0 Å². The van der Waals surface area contributed by atoms with Gasteiger partial charge in [-0.15, -0.1) is 16.4 Å². The Hall–Kier alpha value is -2.19. The van der Waals surface area contributed by atoms with Crippen LogP contribution in [0, 0.1) is 0 Å². The smallest absolute Gasteiger partial charge is 0.237 e. The zero-order valence-electron chi connectivity index (χ0n) is 14.4. The lowest BCUT2D eigenvalue weighted by molar-refractivity contribution is -0.115. The van der Waals surface area contributed by atoms with Gasteiger partial charge in [-0.1, -0.05) is 23.9 Å². The van der Waals surface area contributed by atoms with Gasteiger partial charge in [-0.25, -0.2) is 4.68 Å². The van der Waals surface area contributed by atoms with E-state index in [0.717, 1.165) is 18.5 Å². The van der Waals surface area contributed by atoms with Gasteiger partial charge in [0.2, 0.25) is 11.1 Å². The molecule has 0 bridgehead atoms. The molecule has 1 aliphatic carbocycles. The van der Waals surface area contributed by atoms with Crippen LogP contribution in [0.5, 0.6) is 0 Å². The number of thiophene rings is 1. The van der Waals surface area contributed by atoms with Gasteiger partial charge in [0.15, 0.2) is 0 Å². The monoisotopic (exact) mass is 385 g/mol. The van der Waals surface area contributed by atoms with Gasteiger partial charge in [-0.3, -0.25) is 4.79 Å². The highest BCUT2D eigenvalue weighted by molar-refractivity contribution is 8.00. The molecule has 134 valence electrons. The summed E-state index contributed by atoms with van der Waals surface area (Å²) in [7, 11) is 0. The van der Waals surface area contributed by atoms with Crippen molar-refractivity contribution in [2.75, 3.05) is 5.32 Å². The number of nitrogens with one attached hydrogen (secondary N) is 1. The van der Waals surface area contributed by atoms with Gasteiger partial charge in [-0.05, 0) is 71.3 Å². The Labute approximate surface area is 160 Å². The summed E-state index contributed by atoms with van der Waals surface area (Å²) in [5.41, 5.74) is 3.61. The quantitative estimate of drug-likeness (QED) is 0.659. The van der Waals surface area contributed by atoms with Crippen molar-refractivity contribution in [1.82, 2.24) is 20.2 Å². The number of carbonyl (C=O) groups is 1. The molecule has 6 nitrogen and oxygen atoms in total. The van der Waals surface area contributed by atoms with E-state index in [0.29, 0.717) is 11.7 Å². The van der Waals surface area contributed by atoms with Crippen LogP contribution < -0.4 is 5.32 Å². The lowest BCUT2D eigenvalue weighted by atomic mass is 10.1. The summed E-state index contributed by atoms with van der Waals surface area (Å²) in [5.74, 6) is -0.0429. The van der Waals surface area contributed by atoms with Crippen LogP contribution in [0.25, 0.3) is 0 Å². The third-order valence-corrected chi connectivity index (χ3v) is 6.33. The third-order valence-electron chi connectivity index (χ3n) is 4.40. The second kappa shape index (κ2) is 7.59. The Morgan fingerprint density at radius 1 is 1.35 bits per heavy atom. The normalized spacial score (nSPS) is 14.2. The van der Waals surface area contributed by atoms with E-state index in [2.05, 4.69) is 33.0 Å². The molecule has 0 unspecified atom stereocenters. The minimum Gasteiger partial charge on any atom is -0.325 e. The summed E-state index contributed by atoms with van der Waals surface area (Å²) in [4.78, 5) is 13.7. The van der Waals surface area contributed by atoms with E-state index in [1.165, 1.54) is 34.2 Å². The van der Waals surface area contributed by atoms with E-state index in [1.807, 2.05) is 30.5 Å². The number of nitrogens with zero attached hydrogens (tertiary/aromatic N) is 4. The topological polar surface area (TPSA) is 72.7 Å². The molecule has 26 heavy (non-hydrogen) atoms. The molecular weight excluding hydrogens is 366 g/mol. The van der Waals surface area contributed by atoms with Gasteiger partial charge in [0.1, 0.15) is 0 Å². The van der Waals surface area contributed by atoms with Crippen LogP contribution in [0.3, 0.4) is 0 Å². The largest absolute Gasteiger partial charge is 0.325 e. The molecule has 0 saturated carbocycles. The lowest BCUT2D eigenvalue weighted by Gasteiger charge is -2.12. The molecule has 0 radical (unpaired) electrons. The number of thioether (sulfide) groups is 1. The van der Waals surface area contributed by atoms with Crippen LogP contribution in [-0.4, -0.2) is 31.4 Å². The summed E-state index contributed by atoms with van der Waals surface area (Å²) in [6, 6.07) is 10.3. The predicted molar refractivity (Wildman–Crippen MR) is 104 cm³/mol. The van der Waals surface area contributed by atoms with Crippen LogP contribution in [0.4, 0.5) is 5.69 Å². The van der Waals surface area contributed by atoms with Gasteiger partial charge >= 0.3 is 0 Å². The second-order valence-electron chi connectivity index (χ2n) is 6.28. The van der Waals surface area contributed by atoms with Crippen molar-refractivity contribution in [3.63, 3.8) is 0 Å². The van der Waals surface area contributed by atoms with Gasteiger partial charge in [-0.2, -0.15) is 0 Å². The molecule has 1 aliphatic rings. The summed E-state index contributed by atoms with van der Waals surface area (Å²) >= 11 is 3.03. The van der Waals surface area contributed by atoms with Crippen molar-refractivity contribution < 1.29 is 4.79 Å². The van der Waals surface area contributed by atoms with Gasteiger partial charge < -0.3 is 5.32 Å². The summed E-state index contributed by atoms with van der Waals surface area (Å²) in [6.45, 7) is 2.49. The standard InChI is InChI=1S/C18H19N5OS2/c1-12(17(24)19-15-8-7-13-4-2-5-14(13)10-15)26-18-20-21-22-23(18)11-16-6-3-9-25-16/h3,6-10,12H,2,4-5,11H2,1H3,(H,19,24)/t12-/m0/s1. The van der Waals surface area contributed by atoms with Crippen LogP contribution in [0.15, 0.2) is 40.9 Å². The number of anilines is 1. The number of amides is 1. The molecule has 4 rings (SSSR count). The molecule has 8 heteroatoms. The molecule has 2 aromatic heterocycles. The fourth-order valence-electron chi connectivity index (χ4n) is 3.04. The average molecular weight is 386 g/mol. The Kier molecular flexibility index (Phi) is 5.03. The molecule has 0 fully saturated rings. The van der Waals surface area contributed by atoms with Crippen molar-refractivity contribution in [2.45, 2.75) is 43.1 Å². The maximum Gasteiger partial charge on any atom is 0.237 e. The first-order valence-electron chi connectivity index (χ1n) is 8.57. The van der Waals surface area contributed by atoms with E-state index in [9.17, 15) is 4.79 Å². The molecule has 3 aromatic rings. The number of benzene rings is 1. The minimum absolute atomic E-state index is 0.0429. The Morgan fingerprint density at radius 2 is 2.23 bits per heavy atom. The summed E-state index contributed by atoms with van der Waals surface area (Å²) in [6.07, 6.45) is 3.44. The number of carbonyl (C=O) groups excluding carboxylic acids is 1. The molecule has 0 spiro atoms. The molecule has 0 saturated heterocycles. The van der Waals surface area contributed by atoms with Crippen LogP contribution in [0.1, 0.15) is 29.3 Å². The average Bonchev–Trinajstić information content (AvgIpc) is 3.37. The number of aromatic nitrogens is 4. The van der Waals surface area contributed by atoms with Gasteiger partial charge in [0, 0.05) is 10.6 Å². The maximum atomic E-state index is 12.6. The zero-order valence-corrected chi connectivity index (χ0v) is 16.0. The lowest BCUT2D eigenvalue weighted by Crippen LogP contribution is -2.23. The minimum atomic E-state index is -0.295. The number of tetrazole rings is 1. The summed E-state index contributed by atoms with van der Waals surface area (Å²) < 4.78 is 1.73. The van der Waals surface area contributed by atoms with Crippen molar-refractivity contribution in [1.29, 1.82) is 0 Å². The first kappa shape index (κ1) is 17.2. The van der Waals surface area contributed by atoms with E-state index in [4.69, 9.17) is 0 Å². The highest BCUT2D eigenvalue weighted by atomic mass is 32.2. The summed E-state index contributed by atoms with van der Waals surface area (Å²) in [5, 5.41) is 17.2. The highest BCUT2D eigenvalue weighted by Gasteiger charge is 2.20. The zero-order chi connectivity index (χ0) is 17.9. The van der Waals surface area contributed by atoms with Crippen molar-refractivity contribution >= 4 is 34.7 Å². The first-order chi connectivity index (χ1) is 12.7. The Morgan fingerprint density at radius 3 is 3.08 bits per heavy atom. The number of aryl methyl sites for hydroxylation is 2. The fourth-order valence-corrected chi connectivity index (χ4v) is 4.51. The molecule has 1 N–H and O–H groups in total. The van der Waals surface area contributed by atoms with Crippen molar-refractivity contribution in [2.24, 2.45) is 0 Å². The van der Waals surface area contributed by atoms with Crippen molar-refractivity contribution in [3.8, 4) is 0 Å². The molecule has 1 amide bonds. The Bertz CT molecular complexity index is 906. The molecular formula is C18H19N5OS2. The molecule has 1 aromatic carbocycles. The van der Waals surface area contributed by atoms with Crippen molar-refractivity contribution in [3.05, 3.63) is 51.7 Å². The second-order valence-corrected chi connectivity index (χ2v) is 8.63. The maximum absolute atomic E-state index is 12.6. The van der Waals surface area contributed by atoms with Crippen LogP contribution in [-0.2, 0) is 24.2 Å². The molecule has 2 heterocycles. The highest BCUT2D eigenvalue weighted by Crippen LogP contribution is 2.26. The number of fused-ring (bicyclic) bond motifs is 1. The van der Waals surface area contributed by atoms with Crippen LogP contribution >= 0.6 is 23.1 Å². The first-order valence-corrected chi connectivity index (χ1v) is 10.3. The van der Waals surface area contributed by atoms with Gasteiger partial charge in [0.05, 0.1) is 11.8 Å². The van der Waals surface area contributed by atoms with E-state index >= 15 is 0 Å². The number of hydrogen-bond donors (Lipinski definition) is 1. The molecule has 1 atom stereocenters. The third kappa shape index (κ3) is 3.81. The van der Waals surface area contributed by atoms with Gasteiger partial charge in [0.25, 0.3) is 0 Å². The van der Waals surface area contributed by atoms with E-state index < -0.39 is 0 Å².